The molecule has 0 bridgehead atoms. The number of benzene rings is 1. The Morgan fingerprint density at radius 2 is 2.00 bits per heavy atom. The lowest BCUT2D eigenvalue weighted by Gasteiger charge is -2.34. The number of nitriles is 1. The fourth-order valence-corrected chi connectivity index (χ4v) is 4.30. The van der Waals surface area contributed by atoms with E-state index in [1.54, 1.807) is 12.3 Å². The molecular formula is C23H25N5O3. The predicted molar refractivity (Wildman–Crippen MR) is 114 cm³/mol. The molecule has 8 nitrogen and oxygen atoms in total. The van der Waals surface area contributed by atoms with Crippen LogP contribution in [0.15, 0.2) is 24.4 Å². The molecule has 6 rings (SSSR count). The number of nitrogens with zero attached hydrogens (tertiary/aromatic N) is 4. The first-order valence-corrected chi connectivity index (χ1v) is 10.9. The zero-order chi connectivity index (χ0) is 21.2. The van der Waals surface area contributed by atoms with Gasteiger partial charge in [-0.25, -0.2) is 4.98 Å². The predicted octanol–water partition coefficient (Wildman–Crippen LogP) is 2.88. The first-order chi connectivity index (χ1) is 15.2. The Labute approximate surface area is 180 Å². The average molecular weight is 419 g/mol. The Bertz CT molecular complexity index is 1130. The largest absolute Gasteiger partial charge is 0.381 e. The van der Waals surface area contributed by atoms with Crippen LogP contribution in [-0.2, 0) is 14.3 Å². The topological polar surface area (TPSA) is 104 Å². The number of fused-ring (bicyclic) bond motifs is 3. The van der Waals surface area contributed by atoms with Gasteiger partial charge in [-0.15, -0.1) is 0 Å². The number of aromatic amines is 1. The van der Waals surface area contributed by atoms with Gasteiger partial charge < -0.3 is 19.4 Å². The molecule has 3 aliphatic heterocycles. The zero-order valence-corrected chi connectivity index (χ0v) is 17.3. The van der Waals surface area contributed by atoms with Crippen molar-refractivity contribution in [1.29, 1.82) is 5.26 Å². The van der Waals surface area contributed by atoms with Crippen LogP contribution in [0, 0.1) is 11.3 Å². The molecule has 1 unspecified atom stereocenters. The van der Waals surface area contributed by atoms with Gasteiger partial charge in [0, 0.05) is 37.5 Å². The SMILES string of the molecule is C1CCOCC1.N#Cc1ccc2ncc3[nH]c(C4CC(=O)N(C5COC5)C4)nc3c2c1. The molecular weight excluding hydrogens is 394 g/mol. The number of hydrogen-bond acceptors (Lipinski definition) is 6. The molecule has 2 aromatic heterocycles. The summed E-state index contributed by atoms with van der Waals surface area (Å²) in [5.41, 5.74) is 3.02. The molecule has 1 aromatic carbocycles. The summed E-state index contributed by atoms with van der Waals surface area (Å²) >= 11 is 0. The third-order valence-corrected chi connectivity index (χ3v) is 6.15. The van der Waals surface area contributed by atoms with E-state index < -0.39 is 0 Å². The van der Waals surface area contributed by atoms with E-state index in [1.165, 1.54) is 19.3 Å². The number of ether oxygens (including phenoxy) is 2. The second-order valence-corrected chi connectivity index (χ2v) is 8.30. The molecule has 3 aromatic rings. The van der Waals surface area contributed by atoms with Crippen LogP contribution in [0.4, 0.5) is 0 Å². The highest BCUT2D eigenvalue weighted by Crippen LogP contribution is 2.32. The van der Waals surface area contributed by atoms with Crippen LogP contribution >= 0.6 is 0 Å². The van der Waals surface area contributed by atoms with Gasteiger partial charge in [-0.05, 0) is 37.5 Å². The fourth-order valence-electron chi connectivity index (χ4n) is 4.30. The number of hydrogen-bond donors (Lipinski definition) is 1. The normalized spacial score (nSPS) is 21.6. The molecule has 1 N–H and O–H groups in total. The van der Waals surface area contributed by atoms with Crippen LogP contribution in [0.25, 0.3) is 21.9 Å². The summed E-state index contributed by atoms with van der Waals surface area (Å²) in [6.45, 7) is 3.93. The number of carbonyl (C=O) groups is 1. The quantitative estimate of drug-likeness (QED) is 0.685. The highest BCUT2D eigenvalue weighted by molar-refractivity contribution is 6.02. The first kappa shape index (κ1) is 19.9. The lowest BCUT2D eigenvalue weighted by atomic mass is 10.1. The van der Waals surface area contributed by atoms with Crippen molar-refractivity contribution in [2.45, 2.75) is 37.6 Å². The highest BCUT2D eigenvalue weighted by Gasteiger charge is 2.39. The van der Waals surface area contributed by atoms with Crippen LogP contribution in [0.2, 0.25) is 0 Å². The number of amides is 1. The Balaban J connectivity index is 0.000000296. The standard InChI is InChI=1S/C18H15N5O2.C5H10O/c19-5-10-1-2-14-13(3-10)17-15(6-20-14)21-18(22-17)11-4-16(24)23(7-11)12-8-25-9-12;1-2-4-6-5-3-1/h1-3,6,11-12H,4,7-9H2,(H,21,22);1-5H2. The molecule has 1 atom stereocenters. The Morgan fingerprint density at radius 3 is 2.65 bits per heavy atom. The molecule has 8 heteroatoms. The molecule has 0 radical (unpaired) electrons. The van der Waals surface area contributed by atoms with Gasteiger partial charge in [0.15, 0.2) is 0 Å². The van der Waals surface area contributed by atoms with Crippen molar-refractivity contribution in [2.24, 2.45) is 0 Å². The minimum absolute atomic E-state index is 0.0506. The van der Waals surface area contributed by atoms with Gasteiger partial charge in [-0.3, -0.25) is 9.78 Å². The summed E-state index contributed by atoms with van der Waals surface area (Å²) in [5, 5.41) is 9.99. The van der Waals surface area contributed by atoms with Gasteiger partial charge in [-0.2, -0.15) is 5.26 Å². The summed E-state index contributed by atoms with van der Waals surface area (Å²) in [7, 11) is 0. The number of likely N-dealkylation sites (tertiary alicyclic amines) is 1. The van der Waals surface area contributed by atoms with Crippen molar-refractivity contribution in [2.75, 3.05) is 33.0 Å². The van der Waals surface area contributed by atoms with E-state index in [4.69, 9.17) is 19.7 Å². The maximum absolute atomic E-state index is 12.3. The monoisotopic (exact) mass is 419 g/mol. The van der Waals surface area contributed by atoms with Crippen LogP contribution < -0.4 is 0 Å². The molecule has 0 saturated carbocycles. The lowest BCUT2D eigenvalue weighted by molar-refractivity contribution is -0.139. The van der Waals surface area contributed by atoms with E-state index in [-0.39, 0.29) is 17.9 Å². The second-order valence-electron chi connectivity index (χ2n) is 8.30. The minimum Gasteiger partial charge on any atom is -0.381 e. The van der Waals surface area contributed by atoms with Crippen molar-refractivity contribution in [1.82, 2.24) is 19.9 Å². The smallest absolute Gasteiger partial charge is 0.223 e. The molecule has 160 valence electrons. The van der Waals surface area contributed by atoms with E-state index in [0.717, 1.165) is 41.0 Å². The minimum atomic E-state index is 0.0506. The maximum Gasteiger partial charge on any atom is 0.223 e. The van der Waals surface area contributed by atoms with Gasteiger partial charge in [0.05, 0.1) is 53.6 Å². The van der Waals surface area contributed by atoms with E-state index >= 15 is 0 Å². The molecule has 3 saturated heterocycles. The summed E-state index contributed by atoms with van der Waals surface area (Å²) in [6, 6.07) is 7.76. The van der Waals surface area contributed by atoms with Crippen LogP contribution in [0.5, 0.6) is 0 Å². The van der Waals surface area contributed by atoms with Gasteiger partial charge >= 0.3 is 0 Å². The molecule has 3 aliphatic rings. The Hall–Kier alpha value is -3.02. The van der Waals surface area contributed by atoms with E-state index in [1.807, 2.05) is 17.0 Å². The number of imidazole rings is 1. The molecule has 31 heavy (non-hydrogen) atoms. The van der Waals surface area contributed by atoms with Gasteiger partial charge in [0.25, 0.3) is 0 Å². The van der Waals surface area contributed by atoms with E-state index in [0.29, 0.717) is 31.7 Å². The summed E-state index contributed by atoms with van der Waals surface area (Å²) in [6.07, 6.45) is 6.15. The third kappa shape index (κ3) is 3.99. The van der Waals surface area contributed by atoms with Crippen molar-refractivity contribution >= 4 is 27.8 Å². The maximum atomic E-state index is 12.3. The molecule has 1 amide bonds. The third-order valence-electron chi connectivity index (χ3n) is 6.15. The lowest BCUT2D eigenvalue weighted by Crippen LogP contribution is -2.49. The average Bonchev–Trinajstić information content (AvgIpc) is 3.38. The number of rotatable bonds is 2. The van der Waals surface area contributed by atoms with Crippen LogP contribution in [0.1, 0.15) is 43.0 Å². The van der Waals surface area contributed by atoms with Crippen LogP contribution in [0.3, 0.4) is 0 Å². The van der Waals surface area contributed by atoms with Gasteiger partial charge in [-0.1, -0.05) is 0 Å². The zero-order valence-electron chi connectivity index (χ0n) is 17.3. The summed E-state index contributed by atoms with van der Waals surface area (Å²) in [4.78, 5) is 26.7. The number of pyridine rings is 1. The van der Waals surface area contributed by atoms with Gasteiger partial charge in [0.2, 0.25) is 5.91 Å². The van der Waals surface area contributed by atoms with Crippen LogP contribution in [-0.4, -0.2) is 64.8 Å². The van der Waals surface area contributed by atoms with Crippen molar-refractivity contribution < 1.29 is 14.3 Å². The van der Waals surface area contributed by atoms with Crippen molar-refractivity contribution in [3.8, 4) is 6.07 Å². The fraction of sp³-hybridized carbons (Fsp3) is 0.478. The summed E-state index contributed by atoms with van der Waals surface area (Å²) < 4.78 is 10.3. The first-order valence-electron chi connectivity index (χ1n) is 10.9. The molecule has 0 aliphatic carbocycles. The molecule has 0 spiro atoms. The van der Waals surface area contributed by atoms with Crippen molar-refractivity contribution in [3.05, 3.63) is 35.8 Å². The number of aromatic nitrogens is 3. The number of nitrogens with one attached hydrogen (secondary N) is 1. The van der Waals surface area contributed by atoms with Crippen molar-refractivity contribution in [3.63, 3.8) is 0 Å². The second kappa shape index (κ2) is 8.61. The molecule has 3 fully saturated rings. The summed E-state index contributed by atoms with van der Waals surface area (Å²) in [5.74, 6) is 1.02. The Kier molecular flexibility index (Phi) is 5.53. The molecule has 5 heterocycles. The van der Waals surface area contributed by atoms with E-state index in [2.05, 4.69) is 16.0 Å². The Morgan fingerprint density at radius 1 is 1.16 bits per heavy atom. The van der Waals surface area contributed by atoms with E-state index in [9.17, 15) is 4.79 Å². The van der Waals surface area contributed by atoms with Gasteiger partial charge in [0.1, 0.15) is 5.82 Å². The number of carbonyl (C=O) groups excluding carboxylic acids is 1. The highest BCUT2D eigenvalue weighted by atomic mass is 16.5. The number of H-pyrrole nitrogens is 1.